The Kier molecular flexibility index (Phi) is 2.21. The van der Waals surface area contributed by atoms with Crippen molar-refractivity contribution in [2.45, 2.75) is 12.9 Å². The van der Waals surface area contributed by atoms with Gasteiger partial charge < -0.3 is 4.57 Å². The number of nitrogens with zero attached hydrogens (tertiary/aromatic N) is 1. The Balaban J connectivity index is 2.49. The summed E-state index contributed by atoms with van der Waals surface area (Å²) in [5, 5.41) is 2.62. The molecule has 0 aliphatic rings. The molecule has 2 aromatic carbocycles. The molecular formula is C14H12BN. The SMILES string of the molecule is [B]CCn1c2ccccc2c2ccccc21. The Hall–Kier alpha value is -1.70. The van der Waals surface area contributed by atoms with Gasteiger partial charge in [-0.2, -0.15) is 0 Å². The molecule has 0 saturated carbocycles. The number of hydrogen-bond donors (Lipinski definition) is 0. The fraction of sp³-hybridized carbons (Fsp3) is 0.143. The standard InChI is InChI=1S/C14H12BN/c15-9-10-16-13-7-3-1-5-11(13)12-6-2-4-8-14(12)16/h1-8H,9-10H2. The van der Waals surface area contributed by atoms with Gasteiger partial charge in [-0.25, -0.2) is 0 Å². The van der Waals surface area contributed by atoms with Crippen molar-refractivity contribution in [3.8, 4) is 0 Å². The molecule has 0 aliphatic carbocycles. The first-order chi connectivity index (χ1) is 7.92. The summed E-state index contributed by atoms with van der Waals surface area (Å²) in [4.78, 5) is 0. The zero-order valence-corrected chi connectivity index (χ0v) is 9.06. The van der Waals surface area contributed by atoms with Crippen molar-refractivity contribution in [3.05, 3.63) is 48.5 Å². The minimum absolute atomic E-state index is 0.669. The van der Waals surface area contributed by atoms with Crippen LogP contribution in [0.1, 0.15) is 0 Å². The van der Waals surface area contributed by atoms with E-state index in [0.29, 0.717) is 6.32 Å². The van der Waals surface area contributed by atoms with Crippen LogP contribution >= 0.6 is 0 Å². The molecule has 0 spiro atoms. The summed E-state index contributed by atoms with van der Waals surface area (Å²) < 4.78 is 2.30. The average molecular weight is 205 g/mol. The molecular weight excluding hydrogens is 193 g/mol. The normalized spacial score (nSPS) is 11.2. The second kappa shape index (κ2) is 3.71. The molecule has 0 N–H and O–H groups in total. The zero-order valence-electron chi connectivity index (χ0n) is 9.06. The molecule has 2 radical (unpaired) electrons. The third-order valence-corrected chi connectivity index (χ3v) is 3.03. The summed E-state index contributed by atoms with van der Waals surface area (Å²) in [6.45, 7) is 0.869. The zero-order chi connectivity index (χ0) is 11.0. The van der Waals surface area contributed by atoms with Crippen LogP contribution in [0.5, 0.6) is 0 Å². The smallest absolute Gasteiger partial charge is 0.0677 e. The lowest BCUT2D eigenvalue weighted by atomic mass is 10.1. The molecule has 0 saturated heterocycles. The average Bonchev–Trinajstić information content (AvgIpc) is 2.66. The fourth-order valence-electron chi connectivity index (χ4n) is 2.37. The van der Waals surface area contributed by atoms with E-state index in [1.54, 1.807) is 0 Å². The van der Waals surface area contributed by atoms with Crippen LogP contribution < -0.4 is 0 Å². The van der Waals surface area contributed by atoms with Gasteiger partial charge in [0.15, 0.2) is 0 Å². The van der Waals surface area contributed by atoms with Crippen LogP contribution in [0, 0.1) is 0 Å². The van der Waals surface area contributed by atoms with Gasteiger partial charge >= 0.3 is 0 Å². The number of hydrogen-bond acceptors (Lipinski definition) is 0. The number of benzene rings is 2. The monoisotopic (exact) mass is 205 g/mol. The molecule has 1 aromatic heterocycles. The highest BCUT2D eigenvalue weighted by Gasteiger charge is 2.07. The summed E-state index contributed by atoms with van der Waals surface area (Å²) in [7, 11) is 5.68. The molecule has 0 aliphatic heterocycles. The lowest BCUT2D eigenvalue weighted by molar-refractivity contribution is 0.825. The first-order valence-electron chi connectivity index (χ1n) is 5.58. The third kappa shape index (κ3) is 1.26. The molecule has 0 fully saturated rings. The molecule has 3 rings (SSSR count). The van der Waals surface area contributed by atoms with Gasteiger partial charge in [-0.1, -0.05) is 42.7 Å². The van der Waals surface area contributed by atoms with Crippen LogP contribution in [0.15, 0.2) is 48.5 Å². The van der Waals surface area contributed by atoms with E-state index in [1.165, 1.54) is 21.8 Å². The van der Waals surface area contributed by atoms with Gasteiger partial charge in [0.2, 0.25) is 0 Å². The van der Waals surface area contributed by atoms with Gasteiger partial charge in [0.1, 0.15) is 0 Å². The number of rotatable bonds is 2. The van der Waals surface area contributed by atoms with E-state index in [2.05, 4.69) is 53.1 Å². The Morgan fingerprint density at radius 2 is 1.31 bits per heavy atom. The van der Waals surface area contributed by atoms with Crippen molar-refractivity contribution in [2.24, 2.45) is 0 Å². The van der Waals surface area contributed by atoms with Crippen LogP contribution in [0.2, 0.25) is 6.32 Å². The van der Waals surface area contributed by atoms with Crippen molar-refractivity contribution in [3.63, 3.8) is 0 Å². The van der Waals surface area contributed by atoms with Gasteiger partial charge in [0, 0.05) is 28.4 Å². The maximum atomic E-state index is 5.68. The lowest BCUT2D eigenvalue weighted by Gasteiger charge is -2.04. The Morgan fingerprint density at radius 3 is 1.81 bits per heavy atom. The highest BCUT2D eigenvalue weighted by atomic mass is 15.0. The minimum atomic E-state index is 0.669. The van der Waals surface area contributed by atoms with Crippen LogP contribution in [0.25, 0.3) is 21.8 Å². The molecule has 2 heteroatoms. The number of aromatic nitrogens is 1. The predicted octanol–water partition coefficient (Wildman–Crippen LogP) is 3.38. The highest BCUT2D eigenvalue weighted by molar-refractivity contribution is 6.10. The first-order valence-corrected chi connectivity index (χ1v) is 5.58. The third-order valence-electron chi connectivity index (χ3n) is 3.03. The molecule has 16 heavy (non-hydrogen) atoms. The van der Waals surface area contributed by atoms with E-state index in [1.807, 2.05) is 0 Å². The second-order valence-corrected chi connectivity index (χ2v) is 3.97. The van der Waals surface area contributed by atoms with Gasteiger partial charge in [-0.05, 0) is 12.1 Å². The molecule has 1 nitrogen and oxygen atoms in total. The van der Waals surface area contributed by atoms with E-state index in [9.17, 15) is 0 Å². The van der Waals surface area contributed by atoms with E-state index >= 15 is 0 Å². The lowest BCUT2D eigenvalue weighted by Crippen LogP contribution is -1.95. The fourth-order valence-corrected chi connectivity index (χ4v) is 2.37. The van der Waals surface area contributed by atoms with Crippen LogP contribution in [0.4, 0.5) is 0 Å². The molecule has 76 valence electrons. The molecule has 3 aromatic rings. The molecule has 1 heterocycles. The van der Waals surface area contributed by atoms with Crippen LogP contribution in [-0.2, 0) is 6.54 Å². The Morgan fingerprint density at radius 1 is 0.812 bits per heavy atom. The maximum Gasteiger partial charge on any atom is 0.0677 e. The predicted molar refractivity (Wildman–Crippen MR) is 70.0 cm³/mol. The number of para-hydroxylation sites is 2. The summed E-state index contributed by atoms with van der Waals surface area (Å²) in [6, 6.07) is 17.0. The topological polar surface area (TPSA) is 4.93 Å². The molecule has 0 amide bonds. The van der Waals surface area contributed by atoms with E-state index in [-0.39, 0.29) is 0 Å². The maximum absolute atomic E-state index is 5.68. The Bertz CT molecular complexity index is 586. The van der Waals surface area contributed by atoms with Crippen molar-refractivity contribution in [2.75, 3.05) is 0 Å². The van der Waals surface area contributed by atoms with Crippen LogP contribution in [-0.4, -0.2) is 12.4 Å². The quantitative estimate of drug-likeness (QED) is 0.565. The van der Waals surface area contributed by atoms with Gasteiger partial charge in [0.25, 0.3) is 0 Å². The second-order valence-electron chi connectivity index (χ2n) is 3.97. The highest BCUT2D eigenvalue weighted by Crippen LogP contribution is 2.28. The Labute approximate surface area is 96.1 Å². The summed E-state index contributed by atoms with van der Waals surface area (Å²) in [5.74, 6) is 0. The molecule has 0 bridgehead atoms. The van der Waals surface area contributed by atoms with Crippen molar-refractivity contribution in [1.82, 2.24) is 4.57 Å². The van der Waals surface area contributed by atoms with Crippen molar-refractivity contribution in [1.29, 1.82) is 0 Å². The van der Waals surface area contributed by atoms with E-state index < -0.39 is 0 Å². The summed E-state index contributed by atoms with van der Waals surface area (Å²) in [6.07, 6.45) is 0.669. The van der Waals surface area contributed by atoms with Gasteiger partial charge in [0.05, 0.1) is 7.85 Å². The largest absolute Gasteiger partial charge is 0.341 e. The number of aryl methyl sites for hydroxylation is 1. The van der Waals surface area contributed by atoms with Crippen LogP contribution in [0.3, 0.4) is 0 Å². The minimum Gasteiger partial charge on any atom is -0.341 e. The number of fused-ring (bicyclic) bond motifs is 3. The van der Waals surface area contributed by atoms with E-state index in [0.717, 1.165) is 6.54 Å². The first kappa shape index (κ1) is 9.53. The summed E-state index contributed by atoms with van der Waals surface area (Å²) >= 11 is 0. The molecule has 0 unspecified atom stereocenters. The molecule has 0 atom stereocenters. The van der Waals surface area contributed by atoms with Gasteiger partial charge in [-0.3, -0.25) is 0 Å². The summed E-state index contributed by atoms with van der Waals surface area (Å²) in [5.41, 5.74) is 2.54. The van der Waals surface area contributed by atoms with Crippen molar-refractivity contribution >= 4 is 29.7 Å². The van der Waals surface area contributed by atoms with Gasteiger partial charge in [-0.15, -0.1) is 0 Å². The van der Waals surface area contributed by atoms with Crippen molar-refractivity contribution < 1.29 is 0 Å². The van der Waals surface area contributed by atoms with E-state index in [4.69, 9.17) is 7.85 Å².